The predicted molar refractivity (Wildman–Crippen MR) is 71.2 cm³/mol. The van der Waals surface area contributed by atoms with Gasteiger partial charge in [-0.05, 0) is 25.8 Å². The highest BCUT2D eigenvalue weighted by Gasteiger charge is 2.21. The summed E-state index contributed by atoms with van der Waals surface area (Å²) < 4.78 is 0. The molecule has 0 aliphatic heterocycles. The van der Waals surface area contributed by atoms with Crippen molar-refractivity contribution < 1.29 is 0 Å². The lowest BCUT2D eigenvalue weighted by atomic mass is 10.1. The van der Waals surface area contributed by atoms with Crippen LogP contribution in [0.25, 0.3) is 10.2 Å². The third kappa shape index (κ3) is 1.89. The molecule has 3 N–H and O–H groups in total. The zero-order valence-corrected chi connectivity index (χ0v) is 10.7. The average Bonchev–Trinajstić information content (AvgIpc) is 2.94. The minimum atomic E-state index is 0.522. The van der Waals surface area contributed by atoms with E-state index in [1.807, 2.05) is 0 Å². The summed E-state index contributed by atoms with van der Waals surface area (Å²) in [4.78, 5) is 11.6. The summed E-state index contributed by atoms with van der Waals surface area (Å²) in [5.41, 5.74) is 2.70. The van der Waals surface area contributed by atoms with E-state index in [0.717, 1.165) is 21.9 Å². The Kier molecular flexibility index (Phi) is 2.72. The predicted octanol–water partition coefficient (Wildman–Crippen LogP) is 2.94. The van der Waals surface area contributed by atoms with Gasteiger partial charge in [0.15, 0.2) is 5.82 Å². The molecule has 0 radical (unpaired) electrons. The van der Waals surface area contributed by atoms with Crippen molar-refractivity contribution in [2.75, 3.05) is 5.43 Å². The number of nitrogens with two attached hydrogens (primary N) is 1. The largest absolute Gasteiger partial charge is 0.308 e. The zero-order chi connectivity index (χ0) is 11.8. The van der Waals surface area contributed by atoms with Crippen molar-refractivity contribution in [2.45, 2.75) is 38.5 Å². The number of anilines is 1. The number of nitrogens with one attached hydrogen (secondary N) is 1. The number of nitrogen functional groups attached to an aromatic ring is 1. The van der Waals surface area contributed by atoms with E-state index in [2.05, 4.69) is 23.4 Å². The number of thiophene rings is 1. The molecule has 1 fully saturated rings. The fourth-order valence-electron chi connectivity index (χ4n) is 2.54. The number of fused-ring (bicyclic) bond motifs is 1. The zero-order valence-electron chi connectivity index (χ0n) is 9.86. The summed E-state index contributed by atoms with van der Waals surface area (Å²) in [5, 5.41) is 1.04. The maximum atomic E-state index is 5.56. The number of nitrogens with zero attached hydrogens (tertiary/aromatic N) is 2. The maximum Gasteiger partial charge on any atom is 0.152 e. The van der Waals surface area contributed by atoms with Crippen LogP contribution >= 0.6 is 11.3 Å². The summed E-state index contributed by atoms with van der Waals surface area (Å²) in [7, 11) is 0. The Labute approximate surface area is 104 Å². The first-order valence-corrected chi connectivity index (χ1v) is 6.84. The molecule has 0 bridgehead atoms. The van der Waals surface area contributed by atoms with Crippen LogP contribution in [0, 0.1) is 6.92 Å². The second-order valence-corrected chi connectivity index (χ2v) is 5.87. The topological polar surface area (TPSA) is 63.8 Å². The van der Waals surface area contributed by atoms with Gasteiger partial charge in [-0.15, -0.1) is 11.3 Å². The van der Waals surface area contributed by atoms with Crippen LogP contribution in [0.2, 0.25) is 0 Å². The van der Waals surface area contributed by atoms with Gasteiger partial charge < -0.3 is 5.43 Å². The standard InChI is InChI=1S/C12H16N4S/c1-7-6-9-11(16-13)14-10(15-12(9)17-7)8-4-2-3-5-8/h6,8H,2-5,13H2,1H3,(H,14,15,16). The molecule has 0 saturated heterocycles. The Morgan fingerprint density at radius 1 is 1.35 bits per heavy atom. The van der Waals surface area contributed by atoms with Crippen LogP contribution in [-0.2, 0) is 0 Å². The molecular formula is C12H16N4S. The first-order valence-electron chi connectivity index (χ1n) is 6.02. The molecule has 0 unspecified atom stereocenters. The van der Waals surface area contributed by atoms with Crippen molar-refractivity contribution in [1.82, 2.24) is 9.97 Å². The van der Waals surface area contributed by atoms with Crippen molar-refractivity contribution >= 4 is 27.4 Å². The second-order valence-electron chi connectivity index (χ2n) is 4.63. The molecular weight excluding hydrogens is 232 g/mol. The van der Waals surface area contributed by atoms with Gasteiger partial charge in [0.2, 0.25) is 0 Å². The van der Waals surface area contributed by atoms with E-state index in [1.54, 1.807) is 11.3 Å². The number of rotatable bonds is 2. The van der Waals surface area contributed by atoms with Gasteiger partial charge >= 0.3 is 0 Å². The number of hydrogen-bond acceptors (Lipinski definition) is 5. The van der Waals surface area contributed by atoms with E-state index >= 15 is 0 Å². The fraction of sp³-hybridized carbons (Fsp3) is 0.500. The van der Waals surface area contributed by atoms with Gasteiger partial charge in [0.05, 0.1) is 5.39 Å². The molecule has 1 saturated carbocycles. The molecule has 2 aromatic heterocycles. The Balaban J connectivity index is 2.13. The smallest absolute Gasteiger partial charge is 0.152 e. The lowest BCUT2D eigenvalue weighted by Crippen LogP contribution is -2.11. The molecule has 2 heterocycles. The highest BCUT2D eigenvalue weighted by Crippen LogP contribution is 2.35. The normalized spacial score (nSPS) is 16.8. The molecule has 0 atom stereocenters. The van der Waals surface area contributed by atoms with E-state index in [4.69, 9.17) is 10.8 Å². The molecule has 1 aliphatic rings. The summed E-state index contributed by atoms with van der Waals surface area (Å²) >= 11 is 1.71. The van der Waals surface area contributed by atoms with Gasteiger partial charge in [-0.25, -0.2) is 15.8 Å². The molecule has 90 valence electrons. The van der Waals surface area contributed by atoms with Crippen LogP contribution in [0.5, 0.6) is 0 Å². The molecule has 3 rings (SSSR count). The highest BCUT2D eigenvalue weighted by molar-refractivity contribution is 7.18. The van der Waals surface area contributed by atoms with Crippen molar-refractivity contribution in [2.24, 2.45) is 5.84 Å². The Morgan fingerprint density at radius 3 is 2.82 bits per heavy atom. The fourth-order valence-corrected chi connectivity index (χ4v) is 3.42. The number of hydrogen-bond donors (Lipinski definition) is 2. The Morgan fingerprint density at radius 2 is 2.12 bits per heavy atom. The Bertz CT molecular complexity index is 543. The van der Waals surface area contributed by atoms with E-state index in [-0.39, 0.29) is 0 Å². The van der Waals surface area contributed by atoms with Gasteiger partial charge in [-0.1, -0.05) is 12.8 Å². The van der Waals surface area contributed by atoms with E-state index < -0.39 is 0 Å². The molecule has 0 spiro atoms. The van der Waals surface area contributed by atoms with Crippen LogP contribution in [0.3, 0.4) is 0 Å². The number of aromatic nitrogens is 2. The first kappa shape index (κ1) is 10.9. The van der Waals surface area contributed by atoms with Gasteiger partial charge in [0.25, 0.3) is 0 Å². The van der Waals surface area contributed by atoms with Crippen LogP contribution < -0.4 is 11.3 Å². The molecule has 0 amide bonds. The average molecular weight is 248 g/mol. The monoisotopic (exact) mass is 248 g/mol. The van der Waals surface area contributed by atoms with E-state index in [0.29, 0.717) is 5.92 Å². The molecule has 1 aliphatic carbocycles. The maximum absolute atomic E-state index is 5.56. The van der Waals surface area contributed by atoms with Gasteiger partial charge in [-0.2, -0.15) is 0 Å². The van der Waals surface area contributed by atoms with Crippen LogP contribution in [-0.4, -0.2) is 9.97 Å². The van der Waals surface area contributed by atoms with E-state index in [9.17, 15) is 0 Å². The van der Waals surface area contributed by atoms with Crippen molar-refractivity contribution in [3.8, 4) is 0 Å². The molecule has 17 heavy (non-hydrogen) atoms. The summed E-state index contributed by atoms with van der Waals surface area (Å²) in [6.45, 7) is 2.09. The van der Waals surface area contributed by atoms with Gasteiger partial charge in [0.1, 0.15) is 10.7 Å². The van der Waals surface area contributed by atoms with Crippen LogP contribution in [0.1, 0.15) is 42.3 Å². The molecule has 0 aromatic carbocycles. The molecule has 2 aromatic rings. The molecule has 5 heteroatoms. The third-order valence-corrected chi connectivity index (χ3v) is 4.33. The number of aryl methyl sites for hydroxylation is 1. The minimum absolute atomic E-state index is 0.522. The summed E-state index contributed by atoms with van der Waals surface area (Å²) in [6.07, 6.45) is 5.00. The third-order valence-electron chi connectivity index (χ3n) is 3.39. The first-order chi connectivity index (χ1) is 8.28. The highest BCUT2D eigenvalue weighted by atomic mass is 32.1. The SMILES string of the molecule is Cc1cc2c(NN)nc(C3CCCC3)nc2s1. The van der Waals surface area contributed by atoms with Gasteiger partial charge in [-0.3, -0.25) is 0 Å². The van der Waals surface area contributed by atoms with Crippen LogP contribution in [0.15, 0.2) is 6.07 Å². The van der Waals surface area contributed by atoms with E-state index in [1.165, 1.54) is 30.6 Å². The lowest BCUT2D eigenvalue weighted by molar-refractivity contribution is 0.674. The summed E-state index contributed by atoms with van der Waals surface area (Å²) in [5.74, 6) is 7.81. The second kappa shape index (κ2) is 4.23. The number of hydrazine groups is 1. The summed E-state index contributed by atoms with van der Waals surface area (Å²) in [6, 6.07) is 2.09. The molecule has 4 nitrogen and oxygen atoms in total. The van der Waals surface area contributed by atoms with Crippen molar-refractivity contribution in [1.29, 1.82) is 0 Å². The van der Waals surface area contributed by atoms with Crippen molar-refractivity contribution in [3.05, 3.63) is 16.8 Å². The minimum Gasteiger partial charge on any atom is -0.308 e. The van der Waals surface area contributed by atoms with Gasteiger partial charge in [0, 0.05) is 10.8 Å². The lowest BCUT2D eigenvalue weighted by Gasteiger charge is -2.09. The quantitative estimate of drug-likeness (QED) is 0.633. The Hall–Kier alpha value is -1.20. The van der Waals surface area contributed by atoms with Crippen LogP contribution in [0.4, 0.5) is 5.82 Å². The van der Waals surface area contributed by atoms with Crippen molar-refractivity contribution in [3.63, 3.8) is 0 Å².